The summed E-state index contributed by atoms with van der Waals surface area (Å²) in [5, 5.41) is 0. The fraction of sp³-hybridized carbons (Fsp3) is 0.571. The van der Waals surface area contributed by atoms with Crippen LogP contribution in [0, 0.1) is 11.8 Å². The van der Waals surface area contributed by atoms with Gasteiger partial charge >= 0.3 is 5.91 Å². The number of carbonyl (C=O) groups excluding carboxylic acids is 2. The maximum Gasteiger partial charge on any atom is 0.336 e. The Labute approximate surface area is 208 Å². The highest BCUT2D eigenvalue weighted by Gasteiger charge is 2.51. The molecule has 6 heteroatoms. The normalized spacial score (nSPS) is 21.6. The van der Waals surface area contributed by atoms with Crippen LogP contribution in [0.5, 0.6) is 5.75 Å². The Hall–Kier alpha value is -2.18. The van der Waals surface area contributed by atoms with Crippen molar-refractivity contribution in [2.45, 2.75) is 65.5 Å². The van der Waals surface area contributed by atoms with Gasteiger partial charge in [0.15, 0.2) is 0 Å². The molecule has 2 aromatic rings. The molecule has 184 valence electrons. The van der Waals surface area contributed by atoms with Gasteiger partial charge < -0.3 is 9.64 Å². The number of carbonyl (C=O) groups is 2. The first-order valence-electron chi connectivity index (χ1n) is 12.5. The maximum atomic E-state index is 14.0. The van der Waals surface area contributed by atoms with Gasteiger partial charge in [0, 0.05) is 11.3 Å². The van der Waals surface area contributed by atoms with E-state index in [1.54, 1.807) is 18.4 Å². The number of rotatable bonds is 6. The first kappa shape index (κ1) is 24.9. The van der Waals surface area contributed by atoms with E-state index < -0.39 is 0 Å². The quantitative estimate of drug-likeness (QED) is 0.516. The predicted octanol–water partition coefficient (Wildman–Crippen LogP) is 5.41. The Kier molecular flexibility index (Phi) is 6.94. The van der Waals surface area contributed by atoms with Crippen LogP contribution in [0.4, 0.5) is 0 Å². The van der Waals surface area contributed by atoms with Gasteiger partial charge in [0.05, 0.1) is 32.6 Å². The van der Waals surface area contributed by atoms with E-state index in [1.165, 1.54) is 21.6 Å². The Morgan fingerprint density at radius 2 is 1.76 bits per heavy atom. The fourth-order valence-corrected chi connectivity index (χ4v) is 6.75. The van der Waals surface area contributed by atoms with E-state index in [-0.39, 0.29) is 23.9 Å². The third-order valence-corrected chi connectivity index (χ3v) is 8.69. The van der Waals surface area contributed by atoms with Crippen molar-refractivity contribution in [1.82, 2.24) is 4.90 Å². The van der Waals surface area contributed by atoms with E-state index in [2.05, 4.69) is 45.9 Å². The van der Waals surface area contributed by atoms with Crippen LogP contribution in [-0.4, -0.2) is 61.0 Å². The zero-order valence-corrected chi connectivity index (χ0v) is 22.5. The summed E-state index contributed by atoms with van der Waals surface area (Å²) in [5.41, 5.74) is 3.72. The van der Waals surface area contributed by atoms with Gasteiger partial charge in [-0.1, -0.05) is 27.7 Å². The average Bonchev–Trinajstić information content (AvgIpc) is 3.22. The second-order valence-electron chi connectivity index (χ2n) is 11.3. The SMILES string of the molecule is COc1ccc2c(c1)CCc1cc(C(=O)N3CC(CC(C)C)[N+](C)(C)C(=O)C3CC(C)C)sc1-2. The first-order valence-corrected chi connectivity index (χ1v) is 13.3. The summed E-state index contributed by atoms with van der Waals surface area (Å²) in [5.74, 6) is 1.86. The van der Waals surface area contributed by atoms with Crippen molar-refractivity contribution in [3.63, 3.8) is 0 Å². The van der Waals surface area contributed by atoms with E-state index in [0.717, 1.165) is 29.9 Å². The Bertz CT molecular complexity index is 1090. The molecule has 0 N–H and O–H groups in total. The van der Waals surface area contributed by atoms with Crippen molar-refractivity contribution in [3.8, 4) is 16.2 Å². The number of nitrogens with zero attached hydrogens (tertiary/aromatic N) is 2. The molecule has 0 saturated carbocycles. The second-order valence-corrected chi connectivity index (χ2v) is 12.3. The molecule has 0 radical (unpaired) electrons. The molecule has 2 aliphatic rings. The van der Waals surface area contributed by atoms with Crippen LogP contribution in [0.3, 0.4) is 0 Å². The van der Waals surface area contributed by atoms with Crippen LogP contribution >= 0.6 is 11.3 Å². The minimum absolute atomic E-state index is 0.0157. The van der Waals surface area contributed by atoms with E-state index in [9.17, 15) is 9.59 Å². The molecule has 2 unspecified atom stereocenters. The molecule has 0 bridgehead atoms. The highest BCUT2D eigenvalue weighted by molar-refractivity contribution is 7.17. The molecule has 2 atom stereocenters. The average molecular weight is 484 g/mol. The number of fused-ring (bicyclic) bond motifs is 3. The smallest absolute Gasteiger partial charge is 0.336 e. The summed E-state index contributed by atoms with van der Waals surface area (Å²) >= 11 is 1.58. The molecular weight excluding hydrogens is 444 g/mol. The van der Waals surface area contributed by atoms with Crippen molar-refractivity contribution in [2.75, 3.05) is 27.7 Å². The molecule has 2 heterocycles. The number of hydrogen-bond donors (Lipinski definition) is 0. The number of benzene rings is 1. The third-order valence-electron chi connectivity index (χ3n) is 7.49. The molecule has 1 aliphatic carbocycles. The third kappa shape index (κ3) is 4.55. The molecule has 5 nitrogen and oxygen atoms in total. The minimum atomic E-state index is -0.374. The van der Waals surface area contributed by atoms with Crippen molar-refractivity contribution in [1.29, 1.82) is 0 Å². The molecule has 0 spiro atoms. The predicted molar refractivity (Wildman–Crippen MR) is 138 cm³/mol. The highest BCUT2D eigenvalue weighted by Crippen LogP contribution is 2.42. The van der Waals surface area contributed by atoms with E-state index in [0.29, 0.717) is 29.3 Å². The maximum absolute atomic E-state index is 14.0. The van der Waals surface area contributed by atoms with Crippen LogP contribution in [-0.2, 0) is 17.6 Å². The van der Waals surface area contributed by atoms with Gasteiger partial charge in [-0.2, -0.15) is 0 Å². The number of ether oxygens (including phenoxy) is 1. The highest BCUT2D eigenvalue weighted by atomic mass is 32.1. The van der Waals surface area contributed by atoms with Crippen LogP contribution in [0.2, 0.25) is 0 Å². The zero-order chi connectivity index (χ0) is 24.8. The summed E-state index contributed by atoms with van der Waals surface area (Å²) in [7, 11) is 5.75. The second kappa shape index (κ2) is 9.46. The van der Waals surface area contributed by atoms with Gasteiger partial charge in [-0.05, 0) is 72.1 Å². The van der Waals surface area contributed by atoms with Gasteiger partial charge in [-0.3, -0.25) is 9.28 Å². The van der Waals surface area contributed by atoms with Crippen molar-refractivity contribution in [2.24, 2.45) is 11.8 Å². The number of amides is 2. The Balaban J connectivity index is 1.69. The lowest BCUT2D eigenvalue weighted by molar-refractivity contribution is -0.846. The summed E-state index contributed by atoms with van der Waals surface area (Å²) < 4.78 is 5.76. The summed E-state index contributed by atoms with van der Waals surface area (Å²) in [6.07, 6.45) is 3.50. The minimum Gasteiger partial charge on any atom is -0.497 e. The molecule has 1 aliphatic heterocycles. The van der Waals surface area contributed by atoms with E-state index in [1.807, 2.05) is 25.1 Å². The van der Waals surface area contributed by atoms with Gasteiger partial charge in [0.2, 0.25) is 0 Å². The molecule has 1 saturated heterocycles. The van der Waals surface area contributed by atoms with E-state index >= 15 is 0 Å². The molecule has 1 aromatic carbocycles. The molecule has 1 aromatic heterocycles. The first-order chi connectivity index (χ1) is 16.0. The van der Waals surface area contributed by atoms with Gasteiger partial charge in [-0.25, -0.2) is 4.79 Å². The van der Waals surface area contributed by atoms with Crippen LogP contribution in [0.1, 0.15) is 61.3 Å². The number of piperazine rings is 1. The standard InChI is InChI=1S/C28H39N2O3S/c1-17(2)12-21-16-29(24(13-18(3)4)28(32)30(21,5)6)27(31)25-15-20-9-8-19-14-22(33-7)10-11-23(19)26(20)34-25/h10-11,14-15,17-18,21,24H,8-9,12-13,16H2,1-7H3/q+1. The number of hydrogen-bond acceptors (Lipinski definition) is 4. The number of thiophene rings is 1. The molecular formula is C28H39N2O3S+. The number of aryl methyl sites for hydroxylation is 2. The monoisotopic (exact) mass is 483 g/mol. The largest absolute Gasteiger partial charge is 0.497 e. The molecule has 4 rings (SSSR count). The van der Waals surface area contributed by atoms with Crippen LogP contribution < -0.4 is 4.74 Å². The molecule has 1 fully saturated rings. The van der Waals surface area contributed by atoms with Crippen LogP contribution in [0.15, 0.2) is 24.3 Å². The number of likely N-dealkylation sites (N-methyl/N-ethyl adjacent to an activating group) is 1. The Morgan fingerprint density at radius 3 is 2.41 bits per heavy atom. The fourth-order valence-electron chi connectivity index (χ4n) is 5.52. The summed E-state index contributed by atoms with van der Waals surface area (Å²) in [6.45, 7) is 9.27. The molecule has 34 heavy (non-hydrogen) atoms. The Morgan fingerprint density at radius 1 is 1.09 bits per heavy atom. The lowest BCUT2D eigenvalue weighted by Crippen LogP contribution is -2.70. The van der Waals surface area contributed by atoms with Crippen molar-refractivity contribution < 1.29 is 18.8 Å². The van der Waals surface area contributed by atoms with Crippen molar-refractivity contribution in [3.05, 3.63) is 40.3 Å². The van der Waals surface area contributed by atoms with Gasteiger partial charge in [0.25, 0.3) is 5.91 Å². The summed E-state index contributed by atoms with van der Waals surface area (Å²) in [4.78, 5) is 31.5. The van der Waals surface area contributed by atoms with Crippen molar-refractivity contribution >= 4 is 23.2 Å². The lowest BCUT2D eigenvalue weighted by atomic mass is 9.90. The lowest BCUT2D eigenvalue weighted by Gasteiger charge is -2.48. The topological polar surface area (TPSA) is 46.6 Å². The summed E-state index contributed by atoms with van der Waals surface area (Å²) in [6, 6.07) is 8.04. The van der Waals surface area contributed by atoms with Crippen LogP contribution in [0.25, 0.3) is 10.4 Å². The van der Waals surface area contributed by atoms with E-state index in [4.69, 9.17) is 4.74 Å². The zero-order valence-electron chi connectivity index (χ0n) is 21.7. The number of quaternary nitrogens is 1. The molecule has 2 amide bonds. The number of methoxy groups -OCH3 is 1. The van der Waals surface area contributed by atoms with Gasteiger partial charge in [0.1, 0.15) is 17.8 Å². The van der Waals surface area contributed by atoms with Gasteiger partial charge in [-0.15, -0.1) is 11.3 Å².